The van der Waals surface area contributed by atoms with E-state index in [1.165, 1.54) is 6.26 Å². The number of rotatable bonds is 5. The molecule has 5 heteroatoms. The van der Waals surface area contributed by atoms with Gasteiger partial charge in [-0.2, -0.15) is 0 Å². The average Bonchev–Trinajstić information content (AvgIpc) is 2.78. The molecule has 18 heavy (non-hydrogen) atoms. The van der Waals surface area contributed by atoms with Crippen molar-refractivity contribution >= 4 is 5.97 Å². The molecule has 0 bridgehead atoms. The maximum Gasteiger partial charge on any atom is 0.338 e. The fourth-order valence-electron chi connectivity index (χ4n) is 2.11. The minimum absolute atomic E-state index is 0.198. The van der Waals surface area contributed by atoms with Gasteiger partial charge < -0.3 is 19.6 Å². The molecule has 0 spiro atoms. The van der Waals surface area contributed by atoms with E-state index in [0.29, 0.717) is 12.3 Å². The topological polar surface area (TPSA) is 71.7 Å². The van der Waals surface area contributed by atoms with Gasteiger partial charge in [0.1, 0.15) is 12.0 Å². The van der Waals surface area contributed by atoms with Gasteiger partial charge in [-0.15, -0.1) is 0 Å². The van der Waals surface area contributed by atoms with Gasteiger partial charge in [-0.3, -0.25) is 0 Å². The minimum atomic E-state index is -0.957. The Kier molecular flexibility index (Phi) is 4.04. The number of carboxylic acid groups (broad SMARTS) is 1. The zero-order chi connectivity index (χ0) is 13.0. The van der Waals surface area contributed by atoms with Gasteiger partial charge in [0.2, 0.25) is 0 Å². The predicted octanol–water partition coefficient (Wildman–Crippen LogP) is 1.88. The van der Waals surface area contributed by atoms with E-state index >= 15 is 0 Å². The van der Waals surface area contributed by atoms with E-state index in [1.54, 1.807) is 6.07 Å². The Morgan fingerprint density at radius 1 is 1.50 bits per heavy atom. The molecule has 2 heterocycles. The number of furan rings is 1. The van der Waals surface area contributed by atoms with Crippen molar-refractivity contribution in [3.05, 3.63) is 23.7 Å². The van der Waals surface area contributed by atoms with Crippen molar-refractivity contribution < 1.29 is 19.1 Å². The fraction of sp³-hybridized carbons (Fsp3) is 0.615. The molecular formula is C13H19NO4. The third-order valence-corrected chi connectivity index (χ3v) is 3.45. The SMILES string of the molecule is CC1(CNCc2cc(C(=O)O)co2)CCOCC1. The van der Waals surface area contributed by atoms with Gasteiger partial charge in [0.15, 0.2) is 0 Å². The third-order valence-electron chi connectivity index (χ3n) is 3.45. The maximum absolute atomic E-state index is 10.7. The van der Waals surface area contributed by atoms with Crippen molar-refractivity contribution in [3.63, 3.8) is 0 Å². The molecule has 0 unspecified atom stereocenters. The number of hydrogen-bond donors (Lipinski definition) is 2. The predicted molar refractivity (Wildman–Crippen MR) is 65.5 cm³/mol. The van der Waals surface area contributed by atoms with Gasteiger partial charge in [0, 0.05) is 19.8 Å². The Labute approximate surface area is 106 Å². The van der Waals surface area contributed by atoms with Gasteiger partial charge in [-0.25, -0.2) is 4.79 Å². The maximum atomic E-state index is 10.7. The van der Waals surface area contributed by atoms with Crippen LogP contribution in [0.5, 0.6) is 0 Å². The lowest BCUT2D eigenvalue weighted by Crippen LogP contribution is -2.36. The number of carbonyl (C=O) groups is 1. The summed E-state index contributed by atoms with van der Waals surface area (Å²) in [6.07, 6.45) is 3.38. The zero-order valence-corrected chi connectivity index (χ0v) is 10.6. The van der Waals surface area contributed by atoms with Crippen molar-refractivity contribution in [3.8, 4) is 0 Å². The van der Waals surface area contributed by atoms with Crippen molar-refractivity contribution in [2.24, 2.45) is 5.41 Å². The van der Waals surface area contributed by atoms with Crippen LogP contribution in [0.1, 0.15) is 35.9 Å². The molecule has 2 rings (SSSR count). The largest absolute Gasteiger partial charge is 0.478 e. The second-order valence-corrected chi connectivity index (χ2v) is 5.13. The Balaban J connectivity index is 1.78. The number of hydrogen-bond acceptors (Lipinski definition) is 4. The van der Waals surface area contributed by atoms with Crippen LogP contribution in [0.15, 0.2) is 16.7 Å². The van der Waals surface area contributed by atoms with Gasteiger partial charge >= 0.3 is 5.97 Å². The average molecular weight is 253 g/mol. The lowest BCUT2D eigenvalue weighted by molar-refractivity contribution is 0.0238. The van der Waals surface area contributed by atoms with Crippen LogP contribution >= 0.6 is 0 Å². The Hall–Kier alpha value is -1.33. The van der Waals surface area contributed by atoms with Crippen LogP contribution in [-0.4, -0.2) is 30.8 Å². The first-order valence-electron chi connectivity index (χ1n) is 6.18. The lowest BCUT2D eigenvalue weighted by atomic mass is 9.82. The van der Waals surface area contributed by atoms with Crippen molar-refractivity contribution in [1.82, 2.24) is 5.32 Å². The van der Waals surface area contributed by atoms with E-state index < -0.39 is 5.97 Å². The van der Waals surface area contributed by atoms with E-state index in [0.717, 1.165) is 32.6 Å². The standard InChI is InChI=1S/C13H19NO4/c1-13(2-4-17-5-3-13)9-14-7-11-6-10(8-18-11)12(15)16/h6,8,14H,2-5,7,9H2,1H3,(H,15,16). The van der Waals surface area contributed by atoms with E-state index in [-0.39, 0.29) is 11.0 Å². The van der Waals surface area contributed by atoms with Crippen LogP contribution in [-0.2, 0) is 11.3 Å². The molecule has 100 valence electrons. The summed E-state index contributed by atoms with van der Waals surface area (Å²) in [5.41, 5.74) is 0.463. The summed E-state index contributed by atoms with van der Waals surface area (Å²) >= 11 is 0. The summed E-state index contributed by atoms with van der Waals surface area (Å²) in [6.45, 7) is 5.33. The summed E-state index contributed by atoms with van der Waals surface area (Å²) in [4.78, 5) is 10.7. The quantitative estimate of drug-likeness (QED) is 0.838. The van der Waals surface area contributed by atoms with E-state index in [4.69, 9.17) is 14.3 Å². The molecule has 0 aliphatic carbocycles. The van der Waals surface area contributed by atoms with Crippen LogP contribution in [0.4, 0.5) is 0 Å². The molecule has 0 amide bonds. The second kappa shape index (κ2) is 5.54. The molecule has 5 nitrogen and oxygen atoms in total. The number of nitrogens with one attached hydrogen (secondary N) is 1. The minimum Gasteiger partial charge on any atom is -0.478 e. The van der Waals surface area contributed by atoms with Crippen LogP contribution in [0.2, 0.25) is 0 Å². The normalized spacial score (nSPS) is 18.7. The molecule has 1 fully saturated rings. The molecule has 2 N–H and O–H groups in total. The molecule has 1 saturated heterocycles. The van der Waals surface area contributed by atoms with Crippen LogP contribution < -0.4 is 5.32 Å². The summed E-state index contributed by atoms with van der Waals surface area (Å²) < 4.78 is 10.5. The molecule has 1 aromatic heterocycles. The van der Waals surface area contributed by atoms with Gasteiger partial charge in [0.05, 0.1) is 12.1 Å². The first-order chi connectivity index (χ1) is 8.59. The summed E-state index contributed by atoms with van der Waals surface area (Å²) in [7, 11) is 0. The highest BCUT2D eigenvalue weighted by Gasteiger charge is 2.26. The van der Waals surface area contributed by atoms with E-state index in [1.807, 2.05) is 0 Å². The molecule has 0 aromatic carbocycles. The molecule has 0 atom stereocenters. The molecule has 1 aliphatic heterocycles. The van der Waals surface area contributed by atoms with E-state index in [9.17, 15) is 4.79 Å². The highest BCUT2D eigenvalue weighted by Crippen LogP contribution is 2.28. The van der Waals surface area contributed by atoms with Gasteiger partial charge in [0.25, 0.3) is 0 Å². The van der Waals surface area contributed by atoms with Crippen molar-refractivity contribution in [1.29, 1.82) is 0 Å². The fourth-order valence-corrected chi connectivity index (χ4v) is 2.11. The van der Waals surface area contributed by atoms with E-state index in [2.05, 4.69) is 12.2 Å². The Morgan fingerprint density at radius 2 is 2.22 bits per heavy atom. The molecule has 0 radical (unpaired) electrons. The number of aromatic carboxylic acids is 1. The Morgan fingerprint density at radius 3 is 2.83 bits per heavy atom. The smallest absolute Gasteiger partial charge is 0.338 e. The number of carboxylic acids is 1. The van der Waals surface area contributed by atoms with Crippen LogP contribution in [0.3, 0.4) is 0 Å². The summed E-state index contributed by atoms with van der Waals surface area (Å²) in [5.74, 6) is -0.301. The summed E-state index contributed by atoms with van der Waals surface area (Å²) in [6, 6.07) is 1.56. The monoisotopic (exact) mass is 253 g/mol. The molecule has 1 aromatic rings. The lowest BCUT2D eigenvalue weighted by Gasteiger charge is -2.33. The van der Waals surface area contributed by atoms with Crippen molar-refractivity contribution in [2.45, 2.75) is 26.3 Å². The molecule has 1 aliphatic rings. The van der Waals surface area contributed by atoms with Crippen LogP contribution in [0.25, 0.3) is 0 Å². The summed E-state index contributed by atoms with van der Waals surface area (Å²) in [5, 5.41) is 12.1. The highest BCUT2D eigenvalue weighted by molar-refractivity contribution is 5.87. The van der Waals surface area contributed by atoms with Gasteiger partial charge in [-0.1, -0.05) is 6.92 Å². The Bertz CT molecular complexity index is 407. The van der Waals surface area contributed by atoms with Gasteiger partial charge in [-0.05, 0) is 24.3 Å². The second-order valence-electron chi connectivity index (χ2n) is 5.13. The third kappa shape index (κ3) is 3.34. The molecular weight excluding hydrogens is 234 g/mol. The first-order valence-corrected chi connectivity index (χ1v) is 6.18. The molecule has 0 saturated carbocycles. The number of ether oxygens (including phenoxy) is 1. The first kappa shape index (κ1) is 13.1. The zero-order valence-electron chi connectivity index (χ0n) is 10.6. The van der Waals surface area contributed by atoms with Crippen molar-refractivity contribution in [2.75, 3.05) is 19.8 Å². The highest BCUT2D eigenvalue weighted by atomic mass is 16.5. The van der Waals surface area contributed by atoms with Crippen LogP contribution in [0, 0.1) is 5.41 Å².